The lowest BCUT2D eigenvalue weighted by molar-refractivity contribution is -0.116. The molecule has 1 aromatic rings. The largest absolute Gasteiger partial charge is 0.326 e. The lowest BCUT2D eigenvalue weighted by Gasteiger charge is -2.29. The number of nitrogens with one attached hydrogen (secondary N) is 1. The Morgan fingerprint density at radius 1 is 1.19 bits per heavy atom. The first-order valence-corrected chi connectivity index (χ1v) is 12.1. The number of amides is 1. The van der Waals surface area contributed by atoms with Gasteiger partial charge in [-0.05, 0) is 43.0 Å². The van der Waals surface area contributed by atoms with E-state index in [2.05, 4.69) is 12.2 Å². The molecule has 27 heavy (non-hydrogen) atoms. The number of carbonyl (C=O) groups is 1. The number of carbonyl (C=O) groups excluding carboxylic acids is 1. The van der Waals surface area contributed by atoms with Crippen LogP contribution in [0.4, 0.5) is 5.69 Å². The zero-order valence-electron chi connectivity index (χ0n) is 15.2. The van der Waals surface area contributed by atoms with Gasteiger partial charge in [-0.25, -0.2) is 16.8 Å². The molecule has 1 fully saturated rings. The van der Waals surface area contributed by atoms with E-state index in [0.29, 0.717) is 24.7 Å². The van der Waals surface area contributed by atoms with Gasteiger partial charge in [0.05, 0.1) is 10.6 Å². The van der Waals surface area contributed by atoms with Gasteiger partial charge in [-0.3, -0.25) is 4.79 Å². The molecule has 0 bridgehead atoms. The summed E-state index contributed by atoms with van der Waals surface area (Å²) in [4.78, 5) is 12.3. The maximum absolute atomic E-state index is 12.7. The van der Waals surface area contributed by atoms with Crippen LogP contribution in [0.2, 0.25) is 0 Å². The van der Waals surface area contributed by atoms with Gasteiger partial charge in [0.15, 0.2) is 9.84 Å². The third-order valence-corrected chi connectivity index (χ3v) is 8.35. The summed E-state index contributed by atoms with van der Waals surface area (Å²) >= 11 is 0. The molecule has 3 rings (SSSR count). The zero-order valence-corrected chi connectivity index (χ0v) is 16.8. The fourth-order valence-corrected chi connectivity index (χ4v) is 6.17. The van der Waals surface area contributed by atoms with Crippen LogP contribution in [0.3, 0.4) is 0 Å². The van der Waals surface area contributed by atoms with E-state index >= 15 is 0 Å². The molecule has 1 N–H and O–H groups in total. The first-order chi connectivity index (χ1) is 12.7. The average Bonchev–Trinajstić information content (AvgIpc) is 2.94. The number of allylic oxidation sites excluding steroid dienone is 1. The Labute approximate surface area is 160 Å². The number of anilines is 1. The van der Waals surface area contributed by atoms with Gasteiger partial charge in [-0.1, -0.05) is 13.0 Å². The van der Waals surface area contributed by atoms with Gasteiger partial charge in [0.1, 0.15) is 0 Å². The molecule has 0 aromatic heterocycles. The van der Waals surface area contributed by atoms with E-state index in [4.69, 9.17) is 0 Å². The summed E-state index contributed by atoms with van der Waals surface area (Å²) in [6, 6.07) is 6.09. The number of sulfone groups is 1. The Morgan fingerprint density at radius 3 is 2.37 bits per heavy atom. The molecule has 0 aliphatic carbocycles. The fraction of sp³-hybridized carbons (Fsp3) is 0.500. The fourth-order valence-electron chi connectivity index (χ4n) is 3.30. The molecule has 0 saturated carbocycles. The SMILES string of the molecule is CC1CCN(S(=O)(=O)c2ccc(NC(=O)C[C@H]3C=CS(=O)(=O)C3)cc2)CC1. The average molecular weight is 413 g/mol. The number of benzene rings is 1. The molecular weight excluding hydrogens is 388 g/mol. The third kappa shape index (κ3) is 4.97. The number of sulfonamides is 1. The third-order valence-electron chi connectivity index (χ3n) is 4.97. The van der Waals surface area contributed by atoms with Crippen LogP contribution >= 0.6 is 0 Å². The lowest BCUT2D eigenvalue weighted by Crippen LogP contribution is -2.37. The number of hydrogen-bond acceptors (Lipinski definition) is 5. The summed E-state index contributed by atoms with van der Waals surface area (Å²) < 4.78 is 49.7. The molecule has 2 heterocycles. The predicted molar refractivity (Wildman–Crippen MR) is 103 cm³/mol. The molecular formula is C18H24N2O5S2. The van der Waals surface area contributed by atoms with Crippen LogP contribution in [-0.4, -0.2) is 45.9 Å². The van der Waals surface area contributed by atoms with E-state index in [-0.39, 0.29) is 28.9 Å². The van der Waals surface area contributed by atoms with Gasteiger partial charge >= 0.3 is 0 Å². The molecule has 1 amide bonds. The summed E-state index contributed by atoms with van der Waals surface area (Å²) in [7, 11) is -6.70. The Hall–Kier alpha value is -1.71. The maximum atomic E-state index is 12.7. The van der Waals surface area contributed by atoms with Gasteiger partial charge in [-0.15, -0.1) is 0 Å². The Kier molecular flexibility index (Phi) is 5.73. The quantitative estimate of drug-likeness (QED) is 0.797. The predicted octanol–water partition coefficient (Wildman–Crippen LogP) is 1.99. The normalized spacial score (nSPS) is 23.4. The lowest BCUT2D eigenvalue weighted by atomic mass is 10.0. The van der Waals surface area contributed by atoms with Crippen LogP contribution in [0.5, 0.6) is 0 Å². The number of piperidine rings is 1. The first-order valence-electron chi connectivity index (χ1n) is 8.97. The van der Waals surface area contributed by atoms with E-state index in [0.717, 1.165) is 18.2 Å². The van der Waals surface area contributed by atoms with Crippen molar-refractivity contribution in [3.8, 4) is 0 Å². The number of rotatable bonds is 5. The van der Waals surface area contributed by atoms with E-state index in [1.807, 2.05) is 0 Å². The van der Waals surface area contributed by atoms with Gasteiger partial charge in [-0.2, -0.15) is 4.31 Å². The standard InChI is InChI=1S/C18H24N2O5S2/c1-14-6-9-20(10-7-14)27(24,25)17-4-2-16(3-5-17)19-18(21)12-15-8-11-26(22,23)13-15/h2-5,8,11,14-15H,6-7,9-10,12-13H2,1H3,(H,19,21)/t15-/m1/s1. The van der Waals surface area contributed by atoms with Gasteiger partial charge in [0.2, 0.25) is 15.9 Å². The monoisotopic (exact) mass is 412 g/mol. The van der Waals surface area contributed by atoms with Crippen molar-refractivity contribution in [2.75, 3.05) is 24.2 Å². The van der Waals surface area contributed by atoms with Crippen molar-refractivity contribution in [1.29, 1.82) is 0 Å². The Balaban J connectivity index is 1.60. The van der Waals surface area contributed by atoms with Crippen molar-refractivity contribution in [2.45, 2.75) is 31.1 Å². The van der Waals surface area contributed by atoms with E-state index in [1.54, 1.807) is 12.1 Å². The Morgan fingerprint density at radius 2 is 1.81 bits per heavy atom. The van der Waals surface area contributed by atoms with Gasteiger partial charge in [0, 0.05) is 36.5 Å². The molecule has 148 valence electrons. The molecule has 1 aromatic carbocycles. The summed E-state index contributed by atoms with van der Waals surface area (Å²) in [6.07, 6.45) is 3.32. The minimum atomic E-state index is -3.52. The van der Waals surface area contributed by atoms with Crippen LogP contribution in [-0.2, 0) is 24.7 Å². The second-order valence-corrected chi connectivity index (χ2v) is 11.2. The minimum absolute atomic E-state index is 0.0496. The van der Waals surface area contributed by atoms with E-state index in [9.17, 15) is 21.6 Å². The highest BCUT2D eigenvalue weighted by atomic mass is 32.2. The first kappa shape index (κ1) is 20.0. The van der Waals surface area contributed by atoms with E-state index < -0.39 is 19.9 Å². The molecule has 0 unspecified atom stereocenters. The topological polar surface area (TPSA) is 101 Å². The van der Waals surface area contributed by atoms with E-state index in [1.165, 1.54) is 22.5 Å². The van der Waals surface area contributed by atoms with Crippen LogP contribution in [0.25, 0.3) is 0 Å². The molecule has 7 nitrogen and oxygen atoms in total. The van der Waals surface area contributed by atoms with Crippen molar-refractivity contribution < 1.29 is 21.6 Å². The number of nitrogens with zero attached hydrogens (tertiary/aromatic N) is 1. The highest BCUT2D eigenvalue weighted by molar-refractivity contribution is 7.94. The smallest absolute Gasteiger partial charge is 0.243 e. The summed E-state index contributed by atoms with van der Waals surface area (Å²) in [5.74, 6) is -0.135. The summed E-state index contributed by atoms with van der Waals surface area (Å²) in [6.45, 7) is 3.18. The summed E-state index contributed by atoms with van der Waals surface area (Å²) in [5, 5.41) is 3.83. The molecule has 1 atom stereocenters. The molecule has 9 heteroatoms. The van der Waals surface area contributed by atoms with Crippen molar-refractivity contribution in [3.63, 3.8) is 0 Å². The molecule has 0 spiro atoms. The Bertz CT molecular complexity index is 928. The highest BCUT2D eigenvalue weighted by Gasteiger charge is 2.28. The maximum Gasteiger partial charge on any atom is 0.243 e. The highest BCUT2D eigenvalue weighted by Crippen LogP contribution is 2.25. The van der Waals surface area contributed by atoms with Gasteiger partial charge in [0.25, 0.3) is 0 Å². The van der Waals surface area contributed by atoms with Crippen LogP contribution < -0.4 is 5.32 Å². The van der Waals surface area contributed by atoms with Gasteiger partial charge < -0.3 is 5.32 Å². The number of hydrogen-bond donors (Lipinski definition) is 1. The molecule has 2 aliphatic rings. The minimum Gasteiger partial charge on any atom is -0.326 e. The van der Waals surface area contributed by atoms with Crippen LogP contribution in [0, 0.1) is 11.8 Å². The second kappa shape index (κ2) is 7.73. The molecule has 1 saturated heterocycles. The van der Waals surface area contributed by atoms with Crippen LogP contribution in [0.1, 0.15) is 26.2 Å². The van der Waals surface area contributed by atoms with Crippen LogP contribution in [0.15, 0.2) is 40.6 Å². The van der Waals surface area contributed by atoms with Crippen molar-refractivity contribution in [1.82, 2.24) is 4.31 Å². The second-order valence-electron chi connectivity index (χ2n) is 7.28. The van der Waals surface area contributed by atoms with Crippen molar-refractivity contribution >= 4 is 31.5 Å². The molecule has 0 radical (unpaired) electrons. The van der Waals surface area contributed by atoms with Crippen molar-refractivity contribution in [2.24, 2.45) is 11.8 Å². The zero-order chi connectivity index (χ0) is 19.7. The molecule has 2 aliphatic heterocycles. The van der Waals surface area contributed by atoms with Crippen molar-refractivity contribution in [3.05, 3.63) is 35.7 Å². The summed E-state index contributed by atoms with van der Waals surface area (Å²) in [5.41, 5.74) is 0.482.